The maximum atomic E-state index is 12.8. The fraction of sp³-hybridized carbons (Fsp3) is 0.946. The van der Waals surface area contributed by atoms with Crippen LogP contribution in [0.3, 0.4) is 0 Å². The summed E-state index contributed by atoms with van der Waals surface area (Å²) in [6.07, 6.45) is 50.9. The lowest BCUT2D eigenvalue weighted by molar-refractivity contribution is -0.167. The number of rotatable bonds is 50. The van der Waals surface area contributed by atoms with Gasteiger partial charge in [0.2, 0.25) is 0 Å². The summed E-state index contributed by atoms with van der Waals surface area (Å²) in [5.74, 6) is 0.811. The van der Waals surface area contributed by atoms with Crippen LogP contribution in [0.2, 0.25) is 0 Å². The van der Waals surface area contributed by atoms with Gasteiger partial charge in [-0.25, -0.2) is 0 Å². The fourth-order valence-electron chi connectivity index (χ4n) is 8.52. The van der Waals surface area contributed by atoms with E-state index in [2.05, 4.69) is 34.6 Å². The van der Waals surface area contributed by atoms with Crippen LogP contribution >= 0.6 is 0 Å². The van der Waals surface area contributed by atoms with Gasteiger partial charge in [0, 0.05) is 19.3 Å². The highest BCUT2D eigenvalue weighted by Crippen LogP contribution is 2.18. The molecule has 368 valence electrons. The first kappa shape index (κ1) is 60.4. The lowest BCUT2D eigenvalue weighted by Crippen LogP contribution is -2.30. The molecule has 0 aromatic rings. The molecule has 0 amide bonds. The van der Waals surface area contributed by atoms with Crippen molar-refractivity contribution in [2.24, 2.45) is 11.8 Å². The molecule has 0 saturated carbocycles. The average molecular weight is 877 g/mol. The lowest BCUT2D eigenvalue weighted by Gasteiger charge is -2.18. The Hall–Kier alpha value is -1.59. The number of unbranched alkanes of at least 4 members (excludes halogenated alkanes) is 35. The summed E-state index contributed by atoms with van der Waals surface area (Å²) < 4.78 is 16.9. The van der Waals surface area contributed by atoms with E-state index in [0.29, 0.717) is 19.3 Å². The van der Waals surface area contributed by atoms with E-state index >= 15 is 0 Å². The molecule has 0 saturated heterocycles. The second-order valence-electron chi connectivity index (χ2n) is 20.2. The Morgan fingerprint density at radius 2 is 0.532 bits per heavy atom. The fourth-order valence-corrected chi connectivity index (χ4v) is 8.52. The van der Waals surface area contributed by atoms with Crippen molar-refractivity contribution >= 4 is 17.9 Å². The second kappa shape index (κ2) is 48.9. The zero-order valence-electron chi connectivity index (χ0n) is 42.5. The van der Waals surface area contributed by atoms with Crippen molar-refractivity contribution < 1.29 is 28.6 Å². The SMILES string of the molecule is CCCCCCCCCCCCCCCCC(=O)OC[C@@H](COC(=O)CCCCCCCCCCCCCCCCCC(C)C)OC(=O)CCCCCCCCCCCC(C)C. The van der Waals surface area contributed by atoms with Gasteiger partial charge in [-0.2, -0.15) is 0 Å². The van der Waals surface area contributed by atoms with E-state index in [1.165, 1.54) is 199 Å². The molecular formula is C56H108O6. The molecule has 0 fully saturated rings. The maximum Gasteiger partial charge on any atom is 0.306 e. The zero-order valence-corrected chi connectivity index (χ0v) is 42.5. The van der Waals surface area contributed by atoms with Crippen LogP contribution in [-0.4, -0.2) is 37.2 Å². The van der Waals surface area contributed by atoms with Crippen LogP contribution in [0.4, 0.5) is 0 Å². The average Bonchev–Trinajstić information content (AvgIpc) is 3.24. The molecule has 1 atom stereocenters. The Bertz CT molecular complexity index is 947. The maximum absolute atomic E-state index is 12.8. The smallest absolute Gasteiger partial charge is 0.306 e. The monoisotopic (exact) mass is 877 g/mol. The molecule has 0 aliphatic carbocycles. The molecule has 6 heteroatoms. The molecule has 0 rings (SSSR count). The highest BCUT2D eigenvalue weighted by atomic mass is 16.6. The van der Waals surface area contributed by atoms with E-state index in [4.69, 9.17) is 14.2 Å². The predicted molar refractivity (Wildman–Crippen MR) is 266 cm³/mol. The normalized spacial score (nSPS) is 12.0. The topological polar surface area (TPSA) is 78.9 Å². The standard InChI is InChI=1S/C56H108O6/c1-6-7-8-9-10-11-12-13-18-21-26-31-36-41-46-54(57)60-49-53(62-56(59)48-43-38-33-28-23-25-30-35-40-45-52(4)5)50-61-55(58)47-42-37-32-27-22-19-16-14-15-17-20-24-29-34-39-44-51(2)3/h51-53H,6-50H2,1-5H3/t53-/m0/s1. The summed E-state index contributed by atoms with van der Waals surface area (Å²) in [6.45, 7) is 11.4. The third-order valence-corrected chi connectivity index (χ3v) is 12.7. The molecule has 0 aromatic heterocycles. The number of esters is 3. The number of hydrogen-bond donors (Lipinski definition) is 0. The van der Waals surface area contributed by atoms with Crippen LogP contribution in [0, 0.1) is 11.8 Å². The lowest BCUT2D eigenvalue weighted by atomic mass is 10.0. The van der Waals surface area contributed by atoms with Crippen molar-refractivity contribution in [1.82, 2.24) is 0 Å². The Morgan fingerprint density at radius 3 is 0.790 bits per heavy atom. The van der Waals surface area contributed by atoms with E-state index < -0.39 is 6.10 Å². The van der Waals surface area contributed by atoms with Crippen molar-refractivity contribution in [2.45, 2.75) is 317 Å². The van der Waals surface area contributed by atoms with Crippen LogP contribution in [-0.2, 0) is 28.6 Å². The summed E-state index contributed by atoms with van der Waals surface area (Å²) in [7, 11) is 0. The second-order valence-corrected chi connectivity index (χ2v) is 20.2. The Balaban J connectivity index is 4.27. The van der Waals surface area contributed by atoms with Crippen LogP contribution < -0.4 is 0 Å². The minimum Gasteiger partial charge on any atom is -0.462 e. The van der Waals surface area contributed by atoms with Gasteiger partial charge in [-0.3, -0.25) is 14.4 Å². The predicted octanol–water partition coefficient (Wildman–Crippen LogP) is 18.1. The first-order valence-electron chi connectivity index (χ1n) is 27.7. The number of hydrogen-bond acceptors (Lipinski definition) is 6. The number of carbonyl (C=O) groups is 3. The first-order chi connectivity index (χ1) is 30.2. The van der Waals surface area contributed by atoms with Crippen LogP contribution in [0.5, 0.6) is 0 Å². The van der Waals surface area contributed by atoms with Crippen molar-refractivity contribution in [3.63, 3.8) is 0 Å². The van der Waals surface area contributed by atoms with Gasteiger partial charge in [-0.1, -0.05) is 272 Å². The van der Waals surface area contributed by atoms with E-state index in [-0.39, 0.29) is 31.1 Å². The van der Waals surface area contributed by atoms with Gasteiger partial charge in [0.05, 0.1) is 0 Å². The quantitative estimate of drug-likeness (QED) is 0.0344. The third kappa shape index (κ3) is 49.4. The first-order valence-corrected chi connectivity index (χ1v) is 27.7. The van der Waals surface area contributed by atoms with Gasteiger partial charge in [0.1, 0.15) is 13.2 Å². The molecule has 6 nitrogen and oxygen atoms in total. The summed E-state index contributed by atoms with van der Waals surface area (Å²) in [5, 5.41) is 0. The number of ether oxygens (including phenoxy) is 3. The van der Waals surface area contributed by atoms with Gasteiger partial charge >= 0.3 is 17.9 Å². The van der Waals surface area contributed by atoms with Crippen molar-refractivity contribution in [3.8, 4) is 0 Å². The molecule has 0 spiro atoms. The molecule has 0 N–H and O–H groups in total. The zero-order chi connectivity index (χ0) is 45.4. The van der Waals surface area contributed by atoms with Crippen LogP contribution in [0.15, 0.2) is 0 Å². The van der Waals surface area contributed by atoms with Crippen LogP contribution in [0.25, 0.3) is 0 Å². The molecule has 0 bridgehead atoms. The number of carbonyl (C=O) groups excluding carboxylic acids is 3. The Morgan fingerprint density at radius 1 is 0.306 bits per heavy atom. The Labute approximate surface area is 387 Å². The summed E-state index contributed by atoms with van der Waals surface area (Å²) in [4.78, 5) is 38.0. The molecule has 62 heavy (non-hydrogen) atoms. The van der Waals surface area contributed by atoms with E-state index in [9.17, 15) is 14.4 Å². The Kier molecular flexibility index (Phi) is 47.6. The minimum absolute atomic E-state index is 0.0633. The molecule has 0 unspecified atom stereocenters. The summed E-state index contributed by atoms with van der Waals surface area (Å²) >= 11 is 0. The minimum atomic E-state index is -0.762. The van der Waals surface area contributed by atoms with Gasteiger partial charge < -0.3 is 14.2 Å². The van der Waals surface area contributed by atoms with Gasteiger partial charge in [-0.05, 0) is 31.1 Å². The highest BCUT2D eigenvalue weighted by Gasteiger charge is 2.19. The third-order valence-electron chi connectivity index (χ3n) is 12.7. The van der Waals surface area contributed by atoms with Crippen LogP contribution in [0.1, 0.15) is 311 Å². The molecule has 0 radical (unpaired) electrons. The molecular weight excluding hydrogens is 769 g/mol. The summed E-state index contributed by atoms with van der Waals surface area (Å²) in [5.41, 5.74) is 0. The van der Waals surface area contributed by atoms with E-state index in [0.717, 1.165) is 69.6 Å². The van der Waals surface area contributed by atoms with E-state index in [1.54, 1.807) is 0 Å². The van der Waals surface area contributed by atoms with Gasteiger partial charge in [-0.15, -0.1) is 0 Å². The van der Waals surface area contributed by atoms with Crippen molar-refractivity contribution in [3.05, 3.63) is 0 Å². The van der Waals surface area contributed by atoms with Crippen molar-refractivity contribution in [1.29, 1.82) is 0 Å². The van der Waals surface area contributed by atoms with Crippen molar-refractivity contribution in [2.75, 3.05) is 13.2 Å². The van der Waals surface area contributed by atoms with Gasteiger partial charge in [0.25, 0.3) is 0 Å². The molecule has 0 aromatic carbocycles. The molecule has 0 heterocycles. The molecule has 0 aliphatic rings. The largest absolute Gasteiger partial charge is 0.462 e. The highest BCUT2D eigenvalue weighted by molar-refractivity contribution is 5.71. The van der Waals surface area contributed by atoms with Gasteiger partial charge in [0.15, 0.2) is 6.10 Å². The molecule has 0 aliphatic heterocycles. The van der Waals surface area contributed by atoms with E-state index in [1.807, 2.05) is 0 Å². The summed E-state index contributed by atoms with van der Waals surface area (Å²) in [6, 6.07) is 0.